The Labute approximate surface area is 77.6 Å². The Morgan fingerprint density at radius 3 is 3.00 bits per heavy atom. The summed E-state index contributed by atoms with van der Waals surface area (Å²) >= 11 is 1.89. The summed E-state index contributed by atoms with van der Waals surface area (Å²) in [6.45, 7) is 0.877. The monoisotopic (exact) mass is 181 g/mol. The van der Waals surface area contributed by atoms with Crippen molar-refractivity contribution in [2.24, 2.45) is 11.7 Å². The molecule has 2 unspecified atom stereocenters. The molecule has 1 aliphatic rings. The second-order valence-electron chi connectivity index (χ2n) is 3.63. The smallest absolute Gasteiger partial charge is 0.00762 e. The van der Waals surface area contributed by atoms with Crippen LogP contribution in [0.4, 0.5) is 0 Å². The first-order chi connectivity index (χ1) is 5.90. The summed E-state index contributed by atoms with van der Waals surface area (Å²) < 4.78 is 0. The molecule has 0 amide bonds. The van der Waals surface area contributed by atoms with E-state index in [1.54, 1.807) is 4.88 Å². The molecular weight excluding hydrogens is 166 g/mol. The SMILES string of the molecule is NCC1CCC(c2cccs2)C1. The number of hydrogen-bond acceptors (Lipinski definition) is 2. The van der Waals surface area contributed by atoms with Gasteiger partial charge in [0.05, 0.1) is 0 Å². The molecule has 1 nitrogen and oxygen atoms in total. The molecule has 2 atom stereocenters. The summed E-state index contributed by atoms with van der Waals surface area (Å²) in [4.78, 5) is 1.56. The van der Waals surface area contributed by atoms with Crippen LogP contribution in [0, 0.1) is 5.92 Å². The van der Waals surface area contributed by atoms with Crippen molar-refractivity contribution >= 4 is 11.3 Å². The van der Waals surface area contributed by atoms with Crippen LogP contribution < -0.4 is 5.73 Å². The van der Waals surface area contributed by atoms with E-state index in [9.17, 15) is 0 Å². The van der Waals surface area contributed by atoms with Gasteiger partial charge in [-0.2, -0.15) is 0 Å². The highest BCUT2D eigenvalue weighted by atomic mass is 32.1. The van der Waals surface area contributed by atoms with E-state index in [-0.39, 0.29) is 0 Å². The van der Waals surface area contributed by atoms with E-state index >= 15 is 0 Å². The maximum Gasteiger partial charge on any atom is 0.00762 e. The van der Waals surface area contributed by atoms with Gasteiger partial charge in [0.25, 0.3) is 0 Å². The Bertz CT molecular complexity index is 230. The highest BCUT2D eigenvalue weighted by molar-refractivity contribution is 7.10. The lowest BCUT2D eigenvalue weighted by molar-refractivity contribution is 0.552. The predicted octanol–water partition coefficient (Wildman–Crippen LogP) is 2.59. The molecule has 1 aromatic heterocycles. The molecule has 0 aliphatic heterocycles. The Kier molecular flexibility index (Phi) is 2.47. The van der Waals surface area contributed by atoms with Crippen molar-refractivity contribution < 1.29 is 0 Å². The first-order valence-corrected chi connectivity index (χ1v) is 5.51. The summed E-state index contributed by atoms with van der Waals surface area (Å²) in [6.07, 6.45) is 4.00. The molecule has 2 heteroatoms. The van der Waals surface area contributed by atoms with Crippen molar-refractivity contribution in [2.45, 2.75) is 25.2 Å². The van der Waals surface area contributed by atoms with E-state index in [1.807, 2.05) is 11.3 Å². The van der Waals surface area contributed by atoms with Crippen LogP contribution in [0.15, 0.2) is 17.5 Å². The van der Waals surface area contributed by atoms with Gasteiger partial charge in [-0.3, -0.25) is 0 Å². The van der Waals surface area contributed by atoms with E-state index < -0.39 is 0 Å². The second kappa shape index (κ2) is 3.58. The molecule has 12 heavy (non-hydrogen) atoms. The van der Waals surface area contributed by atoms with Gasteiger partial charge in [0.2, 0.25) is 0 Å². The van der Waals surface area contributed by atoms with Crippen LogP contribution in [0.5, 0.6) is 0 Å². The van der Waals surface area contributed by atoms with Gasteiger partial charge in [0, 0.05) is 4.88 Å². The van der Waals surface area contributed by atoms with Crippen molar-refractivity contribution in [3.8, 4) is 0 Å². The second-order valence-corrected chi connectivity index (χ2v) is 4.61. The lowest BCUT2D eigenvalue weighted by Gasteiger charge is -2.06. The van der Waals surface area contributed by atoms with Crippen LogP contribution in [0.25, 0.3) is 0 Å². The number of rotatable bonds is 2. The molecule has 1 fully saturated rings. The minimum absolute atomic E-state index is 0.789. The molecule has 1 saturated carbocycles. The zero-order chi connectivity index (χ0) is 8.39. The lowest BCUT2D eigenvalue weighted by atomic mass is 10.0. The van der Waals surface area contributed by atoms with Gasteiger partial charge >= 0.3 is 0 Å². The van der Waals surface area contributed by atoms with Gasteiger partial charge in [0.15, 0.2) is 0 Å². The van der Waals surface area contributed by atoms with Gasteiger partial charge in [0.1, 0.15) is 0 Å². The average molecular weight is 181 g/mol. The quantitative estimate of drug-likeness (QED) is 0.745. The van der Waals surface area contributed by atoms with Crippen LogP contribution in [-0.2, 0) is 0 Å². The summed E-state index contributed by atoms with van der Waals surface area (Å²) in [5.74, 6) is 1.61. The van der Waals surface area contributed by atoms with E-state index in [0.29, 0.717) is 0 Å². The number of nitrogens with two attached hydrogens (primary N) is 1. The Hall–Kier alpha value is -0.340. The Morgan fingerprint density at radius 2 is 2.42 bits per heavy atom. The van der Waals surface area contributed by atoms with Crippen LogP contribution in [0.2, 0.25) is 0 Å². The topological polar surface area (TPSA) is 26.0 Å². The molecule has 0 radical (unpaired) electrons. The van der Waals surface area contributed by atoms with E-state index in [4.69, 9.17) is 5.73 Å². The third-order valence-electron chi connectivity index (χ3n) is 2.82. The van der Waals surface area contributed by atoms with Gasteiger partial charge in [-0.1, -0.05) is 6.07 Å². The molecular formula is C10H15NS. The first-order valence-electron chi connectivity index (χ1n) is 4.63. The molecule has 2 N–H and O–H groups in total. The molecule has 0 saturated heterocycles. The van der Waals surface area contributed by atoms with Crippen molar-refractivity contribution in [2.75, 3.05) is 6.54 Å². The molecule has 0 spiro atoms. The number of thiophene rings is 1. The molecule has 1 aliphatic carbocycles. The zero-order valence-corrected chi connectivity index (χ0v) is 8.02. The third kappa shape index (κ3) is 1.54. The summed E-state index contributed by atoms with van der Waals surface area (Å²) in [6, 6.07) is 4.41. The van der Waals surface area contributed by atoms with Gasteiger partial charge < -0.3 is 5.73 Å². The maximum atomic E-state index is 5.65. The van der Waals surface area contributed by atoms with E-state index in [1.165, 1.54) is 19.3 Å². The normalized spacial score (nSPS) is 29.4. The zero-order valence-electron chi connectivity index (χ0n) is 7.20. The molecule has 1 aromatic rings. The molecule has 2 rings (SSSR count). The van der Waals surface area contributed by atoms with Crippen molar-refractivity contribution in [3.05, 3.63) is 22.4 Å². The van der Waals surface area contributed by atoms with E-state index in [0.717, 1.165) is 18.4 Å². The van der Waals surface area contributed by atoms with Crippen LogP contribution in [0.1, 0.15) is 30.1 Å². The molecule has 0 bridgehead atoms. The minimum atomic E-state index is 0.789. The molecule has 1 heterocycles. The van der Waals surface area contributed by atoms with Crippen LogP contribution in [0.3, 0.4) is 0 Å². The third-order valence-corrected chi connectivity index (χ3v) is 3.85. The summed E-state index contributed by atoms with van der Waals surface area (Å²) in [5, 5.41) is 2.17. The van der Waals surface area contributed by atoms with Gasteiger partial charge in [-0.25, -0.2) is 0 Å². The predicted molar refractivity (Wildman–Crippen MR) is 53.5 cm³/mol. The standard InChI is InChI=1S/C10H15NS/c11-7-8-3-4-9(6-8)10-2-1-5-12-10/h1-2,5,8-9H,3-4,6-7,11H2. The summed E-state index contributed by atoms with van der Waals surface area (Å²) in [5.41, 5.74) is 5.65. The molecule has 0 aromatic carbocycles. The number of hydrogen-bond donors (Lipinski definition) is 1. The highest BCUT2D eigenvalue weighted by Gasteiger charge is 2.24. The summed E-state index contributed by atoms with van der Waals surface area (Å²) in [7, 11) is 0. The van der Waals surface area contributed by atoms with E-state index in [2.05, 4.69) is 17.5 Å². The highest BCUT2D eigenvalue weighted by Crippen LogP contribution is 2.39. The maximum absolute atomic E-state index is 5.65. The van der Waals surface area contributed by atoms with Crippen LogP contribution >= 0.6 is 11.3 Å². The van der Waals surface area contributed by atoms with Gasteiger partial charge in [-0.05, 0) is 49.1 Å². The Morgan fingerprint density at radius 1 is 1.50 bits per heavy atom. The van der Waals surface area contributed by atoms with Crippen molar-refractivity contribution in [1.82, 2.24) is 0 Å². The fraction of sp³-hybridized carbons (Fsp3) is 0.600. The fourth-order valence-electron chi connectivity index (χ4n) is 2.07. The minimum Gasteiger partial charge on any atom is -0.330 e. The van der Waals surface area contributed by atoms with Crippen molar-refractivity contribution in [3.63, 3.8) is 0 Å². The van der Waals surface area contributed by atoms with Crippen molar-refractivity contribution in [1.29, 1.82) is 0 Å². The van der Waals surface area contributed by atoms with Crippen LogP contribution in [-0.4, -0.2) is 6.54 Å². The Balaban J connectivity index is 2.00. The lowest BCUT2D eigenvalue weighted by Crippen LogP contribution is -2.10. The fourth-order valence-corrected chi connectivity index (χ4v) is 2.95. The van der Waals surface area contributed by atoms with Gasteiger partial charge in [-0.15, -0.1) is 11.3 Å². The molecule has 66 valence electrons. The average Bonchev–Trinajstić information content (AvgIpc) is 2.75. The largest absolute Gasteiger partial charge is 0.330 e. The first kappa shape index (κ1) is 8.27.